The lowest BCUT2D eigenvalue weighted by Crippen LogP contribution is -2.39. The summed E-state index contributed by atoms with van der Waals surface area (Å²) in [6, 6.07) is 0. The van der Waals surface area contributed by atoms with E-state index < -0.39 is 41.6 Å². The van der Waals surface area contributed by atoms with Crippen molar-refractivity contribution in [3.05, 3.63) is 0 Å². The highest BCUT2D eigenvalue weighted by atomic mass is 19.4. The molecule has 2 unspecified atom stereocenters. The molecule has 0 aromatic rings. The zero-order valence-electron chi connectivity index (χ0n) is 10.8. The van der Waals surface area contributed by atoms with E-state index in [-0.39, 0.29) is 6.54 Å². The van der Waals surface area contributed by atoms with Gasteiger partial charge in [-0.2, -0.15) is 13.2 Å². The summed E-state index contributed by atoms with van der Waals surface area (Å²) >= 11 is 0. The smallest absolute Gasteiger partial charge is 0.407 e. The van der Waals surface area contributed by atoms with Crippen molar-refractivity contribution in [1.82, 2.24) is 5.32 Å². The molecule has 1 saturated carbocycles. The average Bonchev–Trinajstić information content (AvgIpc) is 2.86. The summed E-state index contributed by atoms with van der Waals surface area (Å²) in [6.45, 7) is 4.46. The van der Waals surface area contributed by atoms with Gasteiger partial charge in [-0.1, -0.05) is 0 Å². The fraction of sp³-hybridized carbons (Fsp3) is 0.818. The first-order chi connectivity index (χ1) is 8.40. The van der Waals surface area contributed by atoms with Gasteiger partial charge >= 0.3 is 18.2 Å². The van der Waals surface area contributed by atoms with Gasteiger partial charge < -0.3 is 15.2 Å². The second-order valence-corrected chi connectivity index (χ2v) is 5.56. The number of carboxylic acid groups (broad SMARTS) is 1. The average molecular weight is 283 g/mol. The standard InChI is InChI=1S/C11H16F3NO4/c1-9(2,3)19-8(18)15-5-6-4-10(6,7(16)17)11(12,13)14/h6H,4-5H2,1-3H3,(H,15,18)(H,16,17). The van der Waals surface area contributed by atoms with Gasteiger partial charge in [0.15, 0.2) is 5.41 Å². The molecule has 0 aromatic carbocycles. The van der Waals surface area contributed by atoms with Gasteiger partial charge in [0.05, 0.1) is 0 Å². The van der Waals surface area contributed by atoms with Crippen LogP contribution in [0.5, 0.6) is 0 Å². The first-order valence-corrected chi connectivity index (χ1v) is 5.67. The topological polar surface area (TPSA) is 75.6 Å². The number of alkyl carbamates (subject to hydrolysis) is 1. The number of carbonyl (C=O) groups excluding carboxylic acids is 1. The van der Waals surface area contributed by atoms with Crippen LogP contribution in [0.2, 0.25) is 0 Å². The number of ether oxygens (including phenoxy) is 1. The van der Waals surface area contributed by atoms with Crippen LogP contribution < -0.4 is 5.32 Å². The van der Waals surface area contributed by atoms with Crippen LogP contribution >= 0.6 is 0 Å². The number of halogens is 3. The van der Waals surface area contributed by atoms with Gasteiger partial charge in [-0.05, 0) is 27.2 Å². The molecule has 0 heterocycles. The van der Waals surface area contributed by atoms with Crippen molar-refractivity contribution in [2.24, 2.45) is 11.3 Å². The Bertz CT molecular complexity index is 388. The highest BCUT2D eigenvalue weighted by molar-refractivity contribution is 5.80. The van der Waals surface area contributed by atoms with E-state index in [1.165, 1.54) is 0 Å². The minimum Gasteiger partial charge on any atom is -0.481 e. The molecule has 1 fully saturated rings. The van der Waals surface area contributed by atoms with Crippen LogP contribution in [0, 0.1) is 11.3 Å². The molecular formula is C11H16F3NO4. The Kier molecular flexibility index (Phi) is 3.75. The van der Waals surface area contributed by atoms with Crippen molar-refractivity contribution in [2.45, 2.75) is 39.0 Å². The van der Waals surface area contributed by atoms with E-state index in [0.29, 0.717) is 0 Å². The van der Waals surface area contributed by atoms with Gasteiger partial charge in [0.25, 0.3) is 0 Å². The van der Waals surface area contributed by atoms with E-state index in [1.54, 1.807) is 20.8 Å². The minimum absolute atomic E-state index is 0.374. The molecule has 0 bridgehead atoms. The molecule has 0 saturated heterocycles. The van der Waals surface area contributed by atoms with Crippen molar-refractivity contribution in [3.8, 4) is 0 Å². The minimum atomic E-state index is -4.82. The Morgan fingerprint density at radius 1 is 1.37 bits per heavy atom. The van der Waals surface area contributed by atoms with Gasteiger partial charge in [0.1, 0.15) is 5.60 Å². The predicted octanol–water partition coefficient (Wildman–Crippen LogP) is 2.16. The molecule has 2 atom stereocenters. The second kappa shape index (κ2) is 4.57. The summed E-state index contributed by atoms with van der Waals surface area (Å²) in [4.78, 5) is 22.0. The fourth-order valence-corrected chi connectivity index (χ4v) is 1.83. The molecule has 1 amide bonds. The number of nitrogens with one attached hydrogen (secondary N) is 1. The van der Waals surface area contributed by atoms with E-state index >= 15 is 0 Å². The van der Waals surface area contributed by atoms with Crippen molar-refractivity contribution in [2.75, 3.05) is 6.54 Å². The zero-order valence-corrected chi connectivity index (χ0v) is 10.8. The van der Waals surface area contributed by atoms with Crippen LogP contribution in [0.15, 0.2) is 0 Å². The Hall–Kier alpha value is -1.47. The number of hydrogen-bond donors (Lipinski definition) is 2. The van der Waals surface area contributed by atoms with Gasteiger partial charge in [0.2, 0.25) is 0 Å². The number of carboxylic acids is 1. The Morgan fingerprint density at radius 2 is 1.89 bits per heavy atom. The molecule has 110 valence electrons. The quantitative estimate of drug-likeness (QED) is 0.832. The second-order valence-electron chi connectivity index (χ2n) is 5.56. The number of aliphatic carboxylic acids is 1. The Balaban J connectivity index is 2.54. The number of carbonyl (C=O) groups is 2. The Labute approximate surface area is 108 Å². The van der Waals surface area contributed by atoms with Crippen molar-refractivity contribution >= 4 is 12.1 Å². The third kappa shape index (κ3) is 3.30. The van der Waals surface area contributed by atoms with Crippen molar-refractivity contribution in [3.63, 3.8) is 0 Å². The van der Waals surface area contributed by atoms with Crippen LogP contribution in [-0.2, 0) is 9.53 Å². The van der Waals surface area contributed by atoms with Crippen LogP contribution in [0.1, 0.15) is 27.2 Å². The largest absolute Gasteiger partial charge is 0.481 e. The van der Waals surface area contributed by atoms with Gasteiger partial charge in [0, 0.05) is 12.5 Å². The maximum atomic E-state index is 12.7. The van der Waals surface area contributed by atoms with Crippen LogP contribution in [-0.4, -0.2) is 35.5 Å². The van der Waals surface area contributed by atoms with E-state index in [1.807, 2.05) is 0 Å². The monoisotopic (exact) mass is 283 g/mol. The SMILES string of the molecule is CC(C)(C)OC(=O)NCC1CC1(C(=O)O)C(F)(F)F. The summed E-state index contributed by atoms with van der Waals surface area (Å²) in [6.07, 6.45) is -6.21. The van der Waals surface area contributed by atoms with E-state index in [2.05, 4.69) is 5.32 Å². The number of hydrogen-bond acceptors (Lipinski definition) is 3. The molecule has 19 heavy (non-hydrogen) atoms. The van der Waals surface area contributed by atoms with E-state index in [9.17, 15) is 22.8 Å². The number of alkyl halides is 3. The number of amides is 1. The lowest BCUT2D eigenvalue weighted by atomic mass is 10.0. The molecule has 2 N–H and O–H groups in total. The molecule has 0 spiro atoms. The normalized spacial score (nSPS) is 26.7. The summed E-state index contributed by atoms with van der Waals surface area (Å²) in [5, 5.41) is 10.9. The van der Waals surface area contributed by atoms with Crippen LogP contribution in [0.25, 0.3) is 0 Å². The van der Waals surface area contributed by atoms with Crippen LogP contribution in [0.4, 0.5) is 18.0 Å². The summed E-state index contributed by atoms with van der Waals surface area (Å²) < 4.78 is 42.9. The summed E-state index contributed by atoms with van der Waals surface area (Å²) in [5.41, 5.74) is -3.50. The Morgan fingerprint density at radius 3 is 2.21 bits per heavy atom. The van der Waals surface area contributed by atoms with E-state index in [0.717, 1.165) is 0 Å². The van der Waals surface area contributed by atoms with Crippen LogP contribution in [0.3, 0.4) is 0 Å². The third-order valence-electron chi connectivity index (χ3n) is 2.88. The maximum absolute atomic E-state index is 12.7. The fourth-order valence-electron chi connectivity index (χ4n) is 1.83. The van der Waals surface area contributed by atoms with Crippen molar-refractivity contribution < 1.29 is 32.6 Å². The molecule has 1 rings (SSSR count). The molecule has 1 aliphatic rings. The molecular weight excluding hydrogens is 267 g/mol. The van der Waals surface area contributed by atoms with Crippen molar-refractivity contribution in [1.29, 1.82) is 0 Å². The first-order valence-electron chi connectivity index (χ1n) is 5.67. The molecule has 0 aromatic heterocycles. The highest BCUT2D eigenvalue weighted by Gasteiger charge is 2.75. The lowest BCUT2D eigenvalue weighted by Gasteiger charge is -2.20. The molecule has 0 aliphatic heterocycles. The molecule has 8 heteroatoms. The molecule has 5 nitrogen and oxygen atoms in total. The number of rotatable bonds is 3. The van der Waals surface area contributed by atoms with E-state index in [4.69, 9.17) is 9.84 Å². The zero-order chi connectivity index (χ0) is 15.1. The third-order valence-corrected chi connectivity index (χ3v) is 2.88. The summed E-state index contributed by atoms with van der Waals surface area (Å²) in [5.74, 6) is -3.06. The molecule has 0 radical (unpaired) electrons. The first kappa shape index (κ1) is 15.6. The predicted molar refractivity (Wildman–Crippen MR) is 58.5 cm³/mol. The summed E-state index contributed by atoms with van der Waals surface area (Å²) in [7, 11) is 0. The lowest BCUT2D eigenvalue weighted by molar-refractivity contribution is -0.206. The highest BCUT2D eigenvalue weighted by Crippen LogP contribution is 2.62. The van der Waals surface area contributed by atoms with Gasteiger partial charge in [-0.15, -0.1) is 0 Å². The van der Waals surface area contributed by atoms with Gasteiger partial charge in [-0.3, -0.25) is 4.79 Å². The maximum Gasteiger partial charge on any atom is 0.407 e. The molecule has 1 aliphatic carbocycles. The van der Waals surface area contributed by atoms with Gasteiger partial charge in [-0.25, -0.2) is 4.79 Å².